The molecule has 0 saturated heterocycles. The third-order valence-electron chi connectivity index (χ3n) is 3.54. The van der Waals surface area contributed by atoms with E-state index in [-0.39, 0.29) is 0 Å². The van der Waals surface area contributed by atoms with Crippen molar-refractivity contribution in [3.05, 3.63) is 59.8 Å². The van der Waals surface area contributed by atoms with E-state index in [4.69, 9.17) is 4.74 Å². The van der Waals surface area contributed by atoms with Crippen molar-refractivity contribution in [1.29, 1.82) is 0 Å². The number of rotatable bonds is 9. The predicted molar refractivity (Wildman–Crippen MR) is 92.5 cm³/mol. The number of ether oxygens (including phenoxy) is 1. The molecule has 0 N–H and O–H groups in total. The monoisotopic (exact) mass is 312 g/mol. The molecule has 0 spiro atoms. The number of hydrogen-bond acceptors (Lipinski definition) is 3. The highest BCUT2D eigenvalue weighted by atomic mass is 16.5. The summed E-state index contributed by atoms with van der Waals surface area (Å²) < 4.78 is 5.69. The Hall–Kier alpha value is -2.36. The Balaban J connectivity index is 1.83. The largest absolute Gasteiger partial charge is 0.594 e. The van der Waals surface area contributed by atoms with Gasteiger partial charge in [0.2, 0.25) is 5.69 Å². The molecule has 0 bridgehead atoms. The predicted octanol–water partition coefficient (Wildman–Crippen LogP) is 5.96. The van der Waals surface area contributed by atoms with Gasteiger partial charge in [-0.15, -0.1) is 0 Å². The molecule has 0 aliphatic heterocycles. The van der Waals surface area contributed by atoms with Crippen molar-refractivity contribution in [3.8, 4) is 5.75 Å². The average molecular weight is 312 g/mol. The molecule has 122 valence electrons. The number of azo groups is 1. The summed E-state index contributed by atoms with van der Waals surface area (Å²) in [5.74, 6) is 0.789. The van der Waals surface area contributed by atoms with Crippen molar-refractivity contribution >= 4 is 11.4 Å². The van der Waals surface area contributed by atoms with E-state index in [0.29, 0.717) is 16.2 Å². The first-order valence-electron chi connectivity index (χ1n) is 8.26. The van der Waals surface area contributed by atoms with Gasteiger partial charge in [0.1, 0.15) is 11.4 Å². The molecule has 2 aromatic rings. The highest BCUT2D eigenvalue weighted by molar-refractivity contribution is 5.37. The zero-order valence-corrected chi connectivity index (χ0v) is 13.6. The molecule has 0 radical (unpaired) electrons. The minimum atomic E-state index is 0.490. The van der Waals surface area contributed by atoms with Crippen LogP contribution in [-0.4, -0.2) is 11.5 Å². The van der Waals surface area contributed by atoms with Crippen LogP contribution in [0, 0.1) is 5.21 Å². The van der Waals surface area contributed by atoms with E-state index < -0.39 is 0 Å². The highest BCUT2D eigenvalue weighted by Crippen LogP contribution is 2.20. The van der Waals surface area contributed by atoms with Crippen molar-refractivity contribution in [1.82, 2.24) is 0 Å². The van der Waals surface area contributed by atoms with Gasteiger partial charge in [-0.3, -0.25) is 0 Å². The molecule has 0 heterocycles. The van der Waals surface area contributed by atoms with Gasteiger partial charge in [-0.05, 0) is 30.7 Å². The highest BCUT2D eigenvalue weighted by Gasteiger charge is 2.04. The van der Waals surface area contributed by atoms with Crippen LogP contribution in [0.15, 0.2) is 59.7 Å². The summed E-state index contributed by atoms with van der Waals surface area (Å²) in [4.78, 5) is 0.629. The molecule has 23 heavy (non-hydrogen) atoms. The van der Waals surface area contributed by atoms with E-state index in [9.17, 15) is 5.21 Å². The molecule has 0 unspecified atom stereocenters. The topological polar surface area (TPSA) is 47.7 Å². The van der Waals surface area contributed by atoms with Gasteiger partial charge in [0.15, 0.2) is 0 Å². The fourth-order valence-corrected chi connectivity index (χ4v) is 2.22. The van der Waals surface area contributed by atoms with Gasteiger partial charge in [0.25, 0.3) is 0 Å². The Bertz CT molecular complexity index is 595. The number of hydrogen-bond donors (Lipinski definition) is 0. The van der Waals surface area contributed by atoms with Gasteiger partial charge in [-0.2, -0.15) is 0 Å². The number of unbranched alkanes of at least 4 members (excludes halogenated alkanes) is 4. The lowest BCUT2D eigenvalue weighted by atomic mass is 10.2. The van der Waals surface area contributed by atoms with Crippen LogP contribution in [-0.2, 0) is 0 Å². The molecule has 2 rings (SSSR count). The molecular weight excluding hydrogens is 288 g/mol. The van der Waals surface area contributed by atoms with Gasteiger partial charge in [-0.1, -0.05) is 55.7 Å². The lowest BCUT2D eigenvalue weighted by molar-refractivity contribution is -0.435. The lowest BCUT2D eigenvalue weighted by Gasteiger charge is -2.06. The van der Waals surface area contributed by atoms with Gasteiger partial charge in [0.05, 0.1) is 6.61 Å². The minimum absolute atomic E-state index is 0.490. The molecular formula is C19H24N2O2. The SMILES string of the molecule is CCCCCCCOc1ccc([N+]([O-])=Nc2ccccc2)cc1. The molecule has 4 nitrogen and oxygen atoms in total. The molecule has 0 fully saturated rings. The smallest absolute Gasteiger partial charge is 0.245 e. The number of benzene rings is 2. The quantitative estimate of drug-likeness (QED) is 0.248. The molecule has 0 atom stereocenters. The van der Waals surface area contributed by atoms with E-state index >= 15 is 0 Å². The van der Waals surface area contributed by atoms with Crippen molar-refractivity contribution in [2.45, 2.75) is 39.0 Å². The first kappa shape index (κ1) is 17.0. The fourth-order valence-electron chi connectivity index (χ4n) is 2.22. The van der Waals surface area contributed by atoms with E-state index in [2.05, 4.69) is 12.0 Å². The van der Waals surface area contributed by atoms with Crippen molar-refractivity contribution in [2.24, 2.45) is 5.11 Å². The summed E-state index contributed by atoms with van der Waals surface area (Å²) in [5.41, 5.74) is 1.12. The molecule has 0 aliphatic rings. The molecule has 4 heteroatoms. The zero-order valence-electron chi connectivity index (χ0n) is 13.6. The minimum Gasteiger partial charge on any atom is -0.594 e. The van der Waals surface area contributed by atoms with Crippen molar-refractivity contribution < 1.29 is 9.60 Å². The van der Waals surface area contributed by atoms with Crippen LogP contribution in [0.3, 0.4) is 0 Å². The van der Waals surface area contributed by atoms with Crippen LogP contribution in [0.1, 0.15) is 39.0 Å². The summed E-state index contributed by atoms with van der Waals surface area (Å²) in [6, 6.07) is 16.3. The third-order valence-corrected chi connectivity index (χ3v) is 3.54. The number of nitrogens with zero attached hydrogens (tertiary/aromatic N) is 2. The van der Waals surface area contributed by atoms with Crippen LogP contribution >= 0.6 is 0 Å². The van der Waals surface area contributed by atoms with E-state index in [1.165, 1.54) is 25.7 Å². The summed E-state index contributed by atoms with van der Waals surface area (Å²) in [6.45, 7) is 2.93. The molecule has 2 aromatic carbocycles. The van der Waals surface area contributed by atoms with E-state index in [0.717, 1.165) is 18.8 Å². The Morgan fingerprint density at radius 2 is 1.61 bits per heavy atom. The first-order chi connectivity index (χ1) is 11.3. The Kier molecular flexibility index (Phi) is 7.11. The average Bonchev–Trinajstić information content (AvgIpc) is 2.59. The maximum Gasteiger partial charge on any atom is 0.245 e. The maximum absolute atomic E-state index is 12.0. The van der Waals surface area contributed by atoms with Gasteiger partial charge < -0.3 is 9.94 Å². The molecule has 0 aromatic heterocycles. The molecule has 0 saturated carbocycles. The Labute approximate surface area is 138 Å². The molecule has 0 aliphatic carbocycles. The fraction of sp³-hybridized carbons (Fsp3) is 0.368. The van der Waals surface area contributed by atoms with Gasteiger partial charge in [-0.25, -0.2) is 0 Å². The van der Waals surface area contributed by atoms with Crippen LogP contribution < -0.4 is 4.74 Å². The van der Waals surface area contributed by atoms with Crippen LogP contribution in [0.4, 0.5) is 11.4 Å². The summed E-state index contributed by atoms with van der Waals surface area (Å²) >= 11 is 0. The second kappa shape index (κ2) is 9.62. The van der Waals surface area contributed by atoms with Crippen LogP contribution in [0.2, 0.25) is 0 Å². The van der Waals surface area contributed by atoms with Crippen LogP contribution in [0.25, 0.3) is 0 Å². The zero-order chi connectivity index (χ0) is 16.3. The van der Waals surface area contributed by atoms with Crippen molar-refractivity contribution in [3.63, 3.8) is 0 Å². The lowest BCUT2D eigenvalue weighted by Crippen LogP contribution is -1.97. The maximum atomic E-state index is 12.0. The first-order valence-corrected chi connectivity index (χ1v) is 8.26. The van der Waals surface area contributed by atoms with E-state index in [1.54, 1.807) is 24.3 Å². The second-order valence-corrected chi connectivity index (χ2v) is 5.47. The second-order valence-electron chi connectivity index (χ2n) is 5.47. The van der Waals surface area contributed by atoms with Crippen molar-refractivity contribution in [2.75, 3.05) is 6.61 Å². The summed E-state index contributed by atoms with van der Waals surface area (Å²) in [7, 11) is 0. The third kappa shape index (κ3) is 6.10. The molecule has 0 amide bonds. The Morgan fingerprint density at radius 1 is 0.913 bits per heavy atom. The summed E-state index contributed by atoms with van der Waals surface area (Å²) in [6.07, 6.45) is 6.08. The van der Waals surface area contributed by atoms with Gasteiger partial charge in [0, 0.05) is 17.2 Å². The summed E-state index contributed by atoms with van der Waals surface area (Å²) in [5, 5.41) is 16.0. The van der Waals surface area contributed by atoms with Gasteiger partial charge >= 0.3 is 0 Å². The van der Waals surface area contributed by atoms with E-state index in [1.807, 2.05) is 30.3 Å². The standard InChI is InChI=1S/C19H24N2O2/c1-2-3-4-5-9-16-23-19-14-12-18(13-15-19)21(22)20-17-10-7-6-8-11-17/h6-8,10-15H,2-5,9,16H2,1H3. The van der Waals surface area contributed by atoms with Crippen LogP contribution in [0.5, 0.6) is 5.75 Å². The Morgan fingerprint density at radius 3 is 2.30 bits per heavy atom. The normalized spacial score (nSPS) is 11.4.